The minimum Gasteiger partial charge on any atom is -0.350 e. The molecule has 1 saturated heterocycles. The average molecular weight is 419 g/mol. The molecular weight excluding hydrogens is 398 g/mol. The summed E-state index contributed by atoms with van der Waals surface area (Å²) in [5.41, 5.74) is -0.148. The number of hydrogen-bond donors (Lipinski definition) is 1. The van der Waals surface area contributed by atoms with Crippen LogP contribution < -0.4 is 5.32 Å². The van der Waals surface area contributed by atoms with Gasteiger partial charge in [0.15, 0.2) is 5.65 Å². The molecule has 1 aliphatic carbocycles. The molecule has 2 fully saturated rings. The first-order chi connectivity index (χ1) is 14.3. The quantitative estimate of drug-likeness (QED) is 0.643. The highest BCUT2D eigenvalue weighted by Gasteiger charge is 2.41. The van der Waals surface area contributed by atoms with E-state index < -0.39 is 17.6 Å². The fraction of sp³-hybridized carbons (Fsp3) is 0.429. The standard InChI is InChI=1S/C21H21F4N5/c1-29-10-13-4-5-14(11-29)18(13)26-20-27-19-15(3-2-8-30(19)28-20)12-6-7-17(22)16(9-12)21(23,24)25/h2-3,6-9,13-14,18H,4-5,10-11H2,1H3,(H,26,28)/t13-,14+,18-. The molecule has 2 bridgehead atoms. The van der Waals surface area contributed by atoms with Crippen molar-refractivity contribution in [2.75, 3.05) is 25.5 Å². The van der Waals surface area contributed by atoms with Crippen LogP contribution >= 0.6 is 0 Å². The monoisotopic (exact) mass is 419 g/mol. The second kappa shape index (κ2) is 6.94. The number of benzene rings is 1. The number of anilines is 1. The van der Waals surface area contributed by atoms with Crippen LogP contribution in [0.15, 0.2) is 36.5 Å². The summed E-state index contributed by atoms with van der Waals surface area (Å²) in [7, 11) is 2.13. The summed E-state index contributed by atoms with van der Waals surface area (Å²) < 4.78 is 54.7. The van der Waals surface area contributed by atoms with Gasteiger partial charge in [0, 0.05) is 30.9 Å². The lowest BCUT2D eigenvalue weighted by molar-refractivity contribution is -0.139. The molecule has 9 heteroatoms. The third kappa shape index (κ3) is 3.30. The highest BCUT2D eigenvalue weighted by molar-refractivity contribution is 5.78. The van der Waals surface area contributed by atoms with Crippen molar-refractivity contribution in [1.29, 1.82) is 0 Å². The number of piperidine rings is 1. The maximum Gasteiger partial charge on any atom is 0.419 e. The van der Waals surface area contributed by atoms with Crippen molar-refractivity contribution < 1.29 is 17.6 Å². The largest absolute Gasteiger partial charge is 0.419 e. The molecule has 0 unspecified atom stereocenters. The van der Waals surface area contributed by atoms with E-state index in [9.17, 15) is 17.6 Å². The number of nitrogens with zero attached hydrogens (tertiary/aromatic N) is 4. The maximum atomic E-state index is 13.7. The average Bonchev–Trinajstić information content (AvgIpc) is 3.19. The number of pyridine rings is 1. The van der Waals surface area contributed by atoms with E-state index in [0.29, 0.717) is 35.0 Å². The fourth-order valence-electron chi connectivity index (χ4n) is 4.94. The zero-order valence-electron chi connectivity index (χ0n) is 16.3. The topological polar surface area (TPSA) is 45.5 Å². The van der Waals surface area contributed by atoms with Gasteiger partial charge in [0.1, 0.15) is 5.82 Å². The summed E-state index contributed by atoms with van der Waals surface area (Å²) in [6.07, 6.45) is -0.727. The highest BCUT2D eigenvalue weighted by Crippen LogP contribution is 2.38. The van der Waals surface area contributed by atoms with E-state index in [4.69, 9.17) is 0 Å². The van der Waals surface area contributed by atoms with E-state index in [2.05, 4.69) is 27.3 Å². The number of alkyl halides is 3. The Balaban J connectivity index is 1.50. The van der Waals surface area contributed by atoms with Crippen LogP contribution in [0, 0.1) is 17.7 Å². The lowest BCUT2D eigenvalue weighted by Gasteiger charge is -2.36. The van der Waals surface area contributed by atoms with E-state index in [1.807, 2.05) is 0 Å². The first kappa shape index (κ1) is 19.3. The van der Waals surface area contributed by atoms with Gasteiger partial charge < -0.3 is 10.2 Å². The van der Waals surface area contributed by atoms with Crippen LogP contribution in [0.3, 0.4) is 0 Å². The predicted molar refractivity (Wildman–Crippen MR) is 105 cm³/mol. The minimum absolute atomic E-state index is 0.243. The zero-order chi connectivity index (χ0) is 21.0. The molecule has 5 nitrogen and oxygen atoms in total. The number of fused-ring (bicyclic) bond motifs is 3. The van der Waals surface area contributed by atoms with Gasteiger partial charge in [-0.25, -0.2) is 8.91 Å². The maximum absolute atomic E-state index is 13.7. The van der Waals surface area contributed by atoms with Crippen molar-refractivity contribution in [1.82, 2.24) is 19.5 Å². The first-order valence-corrected chi connectivity index (χ1v) is 9.97. The molecule has 2 aromatic heterocycles. The molecule has 0 amide bonds. The number of aromatic nitrogens is 3. The van der Waals surface area contributed by atoms with E-state index in [1.165, 1.54) is 18.9 Å². The predicted octanol–water partition coefficient (Wildman–Crippen LogP) is 4.31. The first-order valence-electron chi connectivity index (χ1n) is 9.97. The molecule has 3 heterocycles. The van der Waals surface area contributed by atoms with E-state index in [1.54, 1.807) is 22.8 Å². The molecule has 1 saturated carbocycles. The van der Waals surface area contributed by atoms with Crippen LogP contribution in [-0.2, 0) is 6.18 Å². The van der Waals surface area contributed by atoms with Gasteiger partial charge >= 0.3 is 6.18 Å². The molecule has 0 radical (unpaired) electrons. The SMILES string of the molecule is CN1C[C@H]2CC[C@@H](C1)[C@@H]2Nc1nc2c(-c3ccc(F)c(C(F)(F)F)c3)cccn2n1. The number of rotatable bonds is 3. The normalized spacial score (nSPS) is 24.5. The fourth-order valence-corrected chi connectivity index (χ4v) is 4.94. The summed E-state index contributed by atoms with van der Waals surface area (Å²) in [6, 6.07) is 6.65. The van der Waals surface area contributed by atoms with Crippen molar-refractivity contribution in [3.8, 4) is 11.1 Å². The molecule has 1 N–H and O–H groups in total. The third-order valence-corrected chi connectivity index (χ3v) is 6.26. The summed E-state index contributed by atoms with van der Waals surface area (Å²) in [5.74, 6) is 0.240. The lowest BCUT2D eigenvalue weighted by Crippen LogP contribution is -2.46. The van der Waals surface area contributed by atoms with Gasteiger partial charge in [-0.15, -0.1) is 5.10 Å². The number of likely N-dealkylation sites (tertiary alicyclic amines) is 1. The van der Waals surface area contributed by atoms with Crippen molar-refractivity contribution in [2.24, 2.45) is 11.8 Å². The number of nitrogens with one attached hydrogen (secondary N) is 1. The van der Waals surface area contributed by atoms with Gasteiger partial charge in [-0.05, 0) is 61.6 Å². The molecule has 30 heavy (non-hydrogen) atoms. The van der Waals surface area contributed by atoms with Gasteiger partial charge in [-0.3, -0.25) is 0 Å². The molecule has 2 aliphatic rings. The third-order valence-electron chi connectivity index (χ3n) is 6.26. The highest BCUT2D eigenvalue weighted by atomic mass is 19.4. The molecular formula is C21H21F4N5. The minimum atomic E-state index is -4.76. The lowest BCUT2D eigenvalue weighted by atomic mass is 9.93. The second-order valence-corrected chi connectivity index (χ2v) is 8.31. The van der Waals surface area contributed by atoms with Crippen molar-refractivity contribution in [2.45, 2.75) is 25.1 Å². The van der Waals surface area contributed by atoms with Crippen LogP contribution in [0.2, 0.25) is 0 Å². The van der Waals surface area contributed by atoms with Gasteiger partial charge in [0.05, 0.1) is 5.56 Å². The second-order valence-electron chi connectivity index (χ2n) is 8.31. The van der Waals surface area contributed by atoms with Crippen molar-refractivity contribution in [3.63, 3.8) is 0 Å². The Kier molecular flexibility index (Phi) is 4.46. The Bertz CT molecular complexity index is 1080. The van der Waals surface area contributed by atoms with Crippen LogP contribution in [0.25, 0.3) is 16.8 Å². The Morgan fingerprint density at radius 2 is 1.83 bits per heavy atom. The zero-order valence-corrected chi connectivity index (χ0v) is 16.3. The summed E-state index contributed by atoms with van der Waals surface area (Å²) in [4.78, 5) is 6.91. The van der Waals surface area contributed by atoms with Gasteiger partial charge in [-0.2, -0.15) is 18.2 Å². The molecule has 0 spiro atoms. The Morgan fingerprint density at radius 3 is 2.53 bits per heavy atom. The van der Waals surface area contributed by atoms with Gasteiger partial charge in [-0.1, -0.05) is 6.07 Å². The van der Waals surface area contributed by atoms with E-state index in [0.717, 1.165) is 25.2 Å². The van der Waals surface area contributed by atoms with Crippen molar-refractivity contribution >= 4 is 11.6 Å². The molecule has 3 atom stereocenters. The molecule has 1 aliphatic heterocycles. The molecule has 158 valence electrons. The molecule has 3 aromatic rings. The van der Waals surface area contributed by atoms with Gasteiger partial charge in [0.2, 0.25) is 5.95 Å². The Morgan fingerprint density at radius 1 is 1.10 bits per heavy atom. The summed E-state index contributed by atoms with van der Waals surface area (Å²) in [6.45, 7) is 2.06. The summed E-state index contributed by atoms with van der Waals surface area (Å²) >= 11 is 0. The number of hydrogen-bond acceptors (Lipinski definition) is 4. The molecule has 1 aromatic carbocycles. The smallest absolute Gasteiger partial charge is 0.350 e. The Labute approximate surface area is 170 Å². The van der Waals surface area contributed by atoms with Crippen LogP contribution in [-0.4, -0.2) is 45.7 Å². The van der Waals surface area contributed by atoms with Crippen LogP contribution in [0.5, 0.6) is 0 Å². The van der Waals surface area contributed by atoms with E-state index >= 15 is 0 Å². The van der Waals surface area contributed by atoms with Crippen molar-refractivity contribution in [3.05, 3.63) is 47.9 Å². The van der Waals surface area contributed by atoms with Gasteiger partial charge in [0.25, 0.3) is 0 Å². The van der Waals surface area contributed by atoms with Crippen LogP contribution in [0.4, 0.5) is 23.5 Å². The van der Waals surface area contributed by atoms with E-state index in [-0.39, 0.29) is 5.56 Å². The Hall–Kier alpha value is -2.68. The molecule has 5 rings (SSSR count). The number of halogens is 4. The van der Waals surface area contributed by atoms with Crippen LogP contribution in [0.1, 0.15) is 18.4 Å². The summed E-state index contributed by atoms with van der Waals surface area (Å²) in [5, 5.41) is 7.95.